The Hall–Kier alpha value is -1.88. The second-order valence-corrected chi connectivity index (χ2v) is 4.66. The number of imidazole rings is 1. The molecule has 1 aromatic heterocycles. The lowest BCUT2D eigenvalue weighted by Gasteiger charge is -2.19. The topological polar surface area (TPSA) is 75.0 Å². The maximum Gasteiger partial charge on any atom is 0.239 e. The van der Waals surface area contributed by atoms with Crippen molar-refractivity contribution in [2.75, 3.05) is 7.05 Å². The third-order valence-electron chi connectivity index (χ3n) is 2.85. The molecule has 1 atom stereocenters. The molecule has 0 aliphatic carbocycles. The molecule has 1 amide bonds. The van der Waals surface area contributed by atoms with Crippen LogP contribution < -0.4 is 5.73 Å². The standard InChI is InChI=1S/C13H18N4O/c1-8(14)13(18)17(3)7-10-4-5-11-12(6-10)16-9(2)15-11/h4-6,8H,7,14H2,1-3H3,(H,15,16). The van der Waals surface area contributed by atoms with Gasteiger partial charge in [-0.15, -0.1) is 0 Å². The SMILES string of the molecule is Cc1nc2ccc(CN(C)C(=O)C(C)N)cc2[nH]1. The Morgan fingerprint density at radius 3 is 2.94 bits per heavy atom. The monoisotopic (exact) mass is 246 g/mol. The van der Waals surface area contributed by atoms with Gasteiger partial charge in [0, 0.05) is 13.6 Å². The van der Waals surface area contributed by atoms with Crippen molar-refractivity contribution in [1.29, 1.82) is 0 Å². The number of nitrogens with two attached hydrogens (primary N) is 1. The number of aryl methyl sites for hydroxylation is 1. The van der Waals surface area contributed by atoms with Gasteiger partial charge >= 0.3 is 0 Å². The summed E-state index contributed by atoms with van der Waals surface area (Å²) < 4.78 is 0. The molecule has 1 heterocycles. The van der Waals surface area contributed by atoms with Crippen LogP contribution >= 0.6 is 0 Å². The summed E-state index contributed by atoms with van der Waals surface area (Å²) in [6.07, 6.45) is 0. The smallest absolute Gasteiger partial charge is 0.239 e. The first-order valence-corrected chi connectivity index (χ1v) is 5.93. The molecule has 0 bridgehead atoms. The lowest BCUT2D eigenvalue weighted by atomic mass is 10.2. The molecule has 0 aliphatic heterocycles. The third kappa shape index (κ3) is 2.51. The molecule has 1 aromatic carbocycles. The van der Waals surface area contributed by atoms with E-state index in [1.54, 1.807) is 18.9 Å². The Morgan fingerprint density at radius 2 is 2.28 bits per heavy atom. The zero-order valence-corrected chi connectivity index (χ0v) is 10.9. The fourth-order valence-electron chi connectivity index (χ4n) is 1.98. The largest absolute Gasteiger partial charge is 0.342 e. The number of amides is 1. The fraction of sp³-hybridized carbons (Fsp3) is 0.385. The summed E-state index contributed by atoms with van der Waals surface area (Å²) in [5.41, 5.74) is 8.57. The predicted molar refractivity (Wildman–Crippen MR) is 71.0 cm³/mol. The zero-order valence-electron chi connectivity index (χ0n) is 10.9. The number of hydrogen-bond donors (Lipinski definition) is 2. The van der Waals surface area contributed by atoms with Crippen molar-refractivity contribution in [1.82, 2.24) is 14.9 Å². The van der Waals surface area contributed by atoms with Gasteiger partial charge in [0.1, 0.15) is 5.82 Å². The first kappa shape index (κ1) is 12.6. The molecular formula is C13H18N4O. The van der Waals surface area contributed by atoms with Crippen LogP contribution in [-0.2, 0) is 11.3 Å². The molecule has 0 spiro atoms. The molecule has 3 N–H and O–H groups in total. The Morgan fingerprint density at radius 1 is 1.56 bits per heavy atom. The van der Waals surface area contributed by atoms with Crippen LogP contribution in [0.15, 0.2) is 18.2 Å². The summed E-state index contributed by atoms with van der Waals surface area (Å²) in [4.78, 5) is 20.9. The molecular weight excluding hydrogens is 228 g/mol. The molecule has 5 heteroatoms. The van der Waals surface area contributed by atoms with Crippen LogP contribution in [-0.4, -0.2) is 33.9 Å². The summed E-state index contributed by atoms with van der Waals surface area (Å²) in [6, 6.07) is 5.49. The molecule has 0 saturated heterocycles. The van der Waals surface area contributed by atoms with Gasteiger partial charge in [-0.05, 0) is 31.5 Å². The van der Waals surface area contributed by atoms with Crippen LogP contribution in [0.5, 0.6) is 0 Å². The van der Waals surface area contributed by atoms with Gasteiger partial charge in [0.2, 0.25) is 5.91 Å². The summed E-state index contributed by atoms with van der Waals surface area (Å²) in [5, 5.41) is 0. The van der Waals surface area contributed by atoms with Gasteiger partial charge in [-0.3, -0.25) is 4.79 Å². The van der Waals surface area contributed by atoms with Crippen LogP contribution in [0.25, 0.3) is 11.0 Å². The minimum atomic E-state index is -0.465. The molecule has 0 saturated carbocycles. The summed E-state index contributed by atoms with van der Waals surface area (Å²) >= 11 is 0. The third-order valence-corrected chi connectivity index (χ3v) is 2.85. The van der Waals surface area contributed by atoms with Crippen molar-refractivity contribution < 1.29 is 4.79 Å². The average molecular weight is 246 g/mol. The molecule has 2 aromatic rings. The van der Waals surface area contributed by atoms with Gasteiger partial charge in [-0.1, -0.05) is 6.07 Å². The normalized spacial score (nSPS) is 12.7. The van der Waals surface area contributed by atoms with Gasteiger partial charge in [0.05, 0.1) is 17.1 Å². The maximum absolute atomic E-state index is 11.7. The summed E-state index contributed by atoms with van der Waals surface area (Å²) in [7, 11) is 1.76. The molecule has 0 radical (unpaired) electrons. The number of carbonyl (C=O) groups is 1. The molecule has 5 nitrogen and oxygen atoms in total. The number of hydrogen-bond acceptors (Lipinski definition) is 3. The van der Waals surface area contributed by atoms with Crippen molar-refractivity contribution in [2.45, 2.75) is 26.4 Å². The number of carbonyl (C=O) groups excluding carboxylic acids is 1. The second-order valence-electron chi connectivity index (χ2n) is 4.66. The quantitative estimate of drug-likeness (QED) is 0.853. The highest BCUT2D eigenvalue weighted by Gasteiger charge is 2.13. The minimum absolute atomic E-state index is 0.0594. The van der Waals surface area contributed by atoms with Crippen molar-refractivity contribution in [2.24, 2.45) is 5.73 Å². The van der Waals surface area contributed by atoms with Crippen molar-refractivity contribution in [3.8, 4) is 0 Å². The zero-order chi connectivity index (χ0) is 13.3. The predicted octanol–water partition coefficient (Wildman–Crippen LogP) is 1.18. The lowest BCUT2D eigenvalue weighted by Crippen LogP contribution is -2.39. The molecule has 18 heavy (non-hydrogen) atoms. The Kier molecular flexibility index (Phi) is 3.34. The van der Waals surface area contributed by atoms with Gasteiger partial charge in [0.25, 0.3) is 0 Å². The van der Waals surface area contributed by atoms with E-state index in [4.69, 9.17) is 5.73 Å². The van der Waals surface area contributed by atoms with E-state index in [1.165, 1.54) is 0 Å². The summed E-state index contributed by atoms with van der Waals surface area (Å²) in [5.74, 6) is 0.832. The van der Waals surface area contributed by atoms with Crippen LogP contribution in [0.4, 0.5) is 0 Å². The Labute approximate surface area is 106 Å². The van der Waals surface area contributed by atoms with E-state index in [2.05, 4.69) is 9.97 Å². The van der Waals surface area contributed by atoms with E-state index in [9.17, 15) is 4.79 Å². The van der Waals surface area contributed by atoms with E-state index in [1.807, 2.05) is 25.1 Å². The van der Waals surface area contributed by atoms with E-state index >= 15 is 0 Å². The molecule has 1 unspecified atom stereocenters. The highest BCUT2D eigenvalue weighted by Crippen LogP contribution is 2.14. The number of likely N-dealkylation sites (N-methyl/N-ethyl adjacent to an activating group) is 1. The van der Waals surface area contributed by atoms with Crippen LogP contribution in [0.3, 0.4) is 0 Å². The highest BCUT2D eigenvalue weighted by molar-refractivity contribution is 5.81. The number of aromatic amines is 1. The number of nitrogens with one attached hydrogen (secondary N) is 1. The minimum Gasteiger partial charge on any atom is -0.342 e. The van der Waals surface area contributed by atoms with Gasteiger partial charge < -0.3 is 15.6 Å². The maximum atomic E-state index is 11.7. The number of aromatic nitrogens is 2. The molecule has 0 aliphatic rings. The highest BCUT2D eigenvalue weighted by atomic mass is 16.2. The van der Waals surface area contributed by atoms with Gasteiger partial charge in [-0.2, -0.15) is 0 Å². The van der Waals surface area contributed by atoms with E-state index < -0.39 is 6.04 Å². The average Bonchev–Trinajstić information content (AvgIpc) is 2.67. The number of nitrogens with zero attached hydrogens (tertiary/aromatic N) is 2. The Bertz CT molecular complexity index is 573. The molecule has 96 valence electrons. The Balaban J connectivity index is 2.19. The fourth-order valence-corrected chi connectivity index (χ4v) is 1.98. The van der Waals surface area contributed by atoms with E-state index in [-0.39, 0.29) is 5.91 Å². The van der Waals surface area contributed by atoms with Crippen LogP contribution in [0.2, 0.25) is 0 Å². The lowest BCUT2D eigenvalue weighted by molar-refractivity contribution is -0.131. The molecule has 0 fully saturated rings. The van der Waals surface area contributed by atoms with Crippen molar-refractivity contribution >= 4 is 16.9 Å². The number of H-pyrrole nitrogens is 1. The number of rotatable bonds is 3. The van der Waals surface area contributed by atoms with E-state index in [0.717, 1.165) is 22.4 Å². The van der Waals surface area contributed by atoms with Gasteiger partial charge in [0.15, 0.2) is 0 Å². The first-order chi connectivity index (χ1) is 8.47. The second kappa shape index (κ2) is 4.78. The molecule has 2 rings (SSSR count). The number of fused-ring (bicyclic) bond motifs is 1. The van der Waals surface area contributed by atoms with Crippen LogP contribution in [0.1, 0.15) is 18.3 Å². The first-order valence-electron chi connectivity index (χ1n) is 5.93. The van der Waals surface area contributed by atoms with Crippen molar-refractivity contribution in [3.63, 3.8) is 0 Å². The summed E-state index contributed by atoms with van der Waals surface area (Å²) in [6.45, 7) is 4.17. The van der Waals surface area contributed by atoms with E-state index in [0.29, 0.717) is 6.54 Å². The van der Waals surface area contributed by atoms with Crippen LogP contribution in [0, 0.1) is 6.92 Å². The van der Waals surface area contributed by atoms with Gasteiger partial charge in [-0.25, -0.2) is 4.98 Å². The number of benzene rings is 1. The van der Waals surface area contributed by atoms with Crippen molar-refractivity contribution in [3.05, 3.63) is 29.6 Å².